The number of nitro benzene ring substituents is 1. The highest BCUT2D eigenvalue weighted by Crippen LogP contribution is 2.40. The van der Waals surface area contributed by atoms with E-state index in [-0.39, 0.29) is 35.8 Å². The third kappa shape index (κ3) is 5.14. The number of benzene rings is 2. The molecule has 34 heavy (non-hydrogen) atoms. The molecule has 0 spiro atoms. The molecule has 1 heterocycles. The molecule has 2 aromatic rings. The number of esters is 1. The van der Waals surface area contributed by atoms with Crippen molar-refractivity contribution in [3.8, 4) is 11.5 Å². The van der Waals surface area contributed by atoms with Gasteiger partial charge in [0.05, 0.1) is 23.8 Å². The maximum Gasteiger partial charge on any atom is 0.347 e. The molecular formula is C23H23N3O8. The van der Waals surface area contributed by atoms with Crippen LogP contribution in [0.4, 0.5) is 11.4 Å². The van der Waals surface area contributed by atoms with E-state index in [0.717, 1.165) is 11.1 Å². The number of carbonyl (C=O) groups excluding carboxylic acids is 3. The lowest BCUT2D eigenvalue weighted by atomic mass is 10.1. The van der Waals surface area contributed by atoms with Gasteiger partial charge in [-0.25, -0.2) is 9.80 Å². The molecule has 0 aromatic heterocycles. The predicted octanol–water partition coefficient (Wildman–Crippen LogP) is 2.79. The van der Waals surface area contributed by atoms with Crippen LogP contribution < -0.4 is 19.9 Å². The van der Waals surface area contributed by atoms with E-state index in [0.29, 0.717) is 5.69 Å². The molecule has 2 amide bonds. The Kier molecular flexibility index (Phi) is 7.46. The second kappa shape index (κ2) is 10.5. The van der Waals surface area contributed by atoms with Crippen molar-refractivity contribution in [1.82, 2.24) is 5.43 Å². The molecule has 1 aliphatic heterocycles. The number of nitro groups is 1. The highest BCUT2D eigenvalue weighted by Gasteiger charge is 2.35. The Morgan fingerprint density at radius 1 is 1.18 bits per heavy atom. The quantitative estimate of drug-likeness (QED) is 0.195. The van der Waals surface area contributed by atoms with Crippen LogP contribution >= 0.6 is 0 Å². The molecule has 11 heteroatoms. The van der Waals surface area contributed by atoms with Gasteiger partial charge in [-0.1, -0.05) is 18.2 Å². The first-order chi connectivity index (χ1) is 16.3. The molecular weight excluding hydrogens is 446 g/mol. The lowest BCUT2D eigenvalue weighted by Crippen LogP contribution is -2.35. The second-order valence-corrected chi connectivity index (χ2v) is 7.04. The molecule has 0 aliphatic carbocycles. The van der Waals surface area contributed by atoms with Gasteiger partial charge in [-0.05, 0) is 50.6 Å². The standard InChI is InChI=1S/C23H23N3O8/c1-4-32-19-13-15(12-18(26(30)31)20(19)34-14(3)23(29)33-5-2)11-17-21(27)24-25(22(17)28)16-9-7-6-8-10-16/h6-14H,4-5H2,1-3H3,(H,24,27)/b17-11-/t14-/m0/s1. The van der Waals surface area contributed by atoms with Crippen LogP contribution in [-0.2, 0) is 19.1 Å². The van der Waals surface area contributed by atoms with E-state index in [1.807, 2.05) is 0 Å². The summed E-state index contributed by atoms with van der Waals surface area (Å²) in [7, 11) is 0. The first kappa shape index (κ1) is 24.2. The Morgan fingerprint density at radius 3 is 2.50 bits per heavy atom. The lowest BCUT2D eigenvalue weighted by molar-refractivity contribution is -0.386. The van der Waals surface area contributed by atoms with Crippen molar-refractivity contribution in [3.63, 3.8) is 0 Å². The number of nitrogens with zero attached hydrogens (tertiary/aromatic N) is 2. The van der Waals surface area contributed by atoms with Crippen molar-refractivity contribution >= 4 is 35.2 Å². The highest BCUT2D eigenvalue weighted by molar-refractivity contribution is 6.31. The van der Waals surface area contributed by atoms with E-state index < -0.39 is 34.5 Å². The number of nitrogens with one attached hydrogen (secondary N) is 1. The summed E-state index contributed by atoms with van der Waals surface area (Å²) in [6, 6.07) is 11.0. The van der Waals surface area contributed by atoms with Crippen molar-refractivity contribution in [3.05, 3.63) is 63.7 Å². The number of anilines is 1. The minimum atomic E-state index is -1.14. The SMILES string of the molecule is CCOC(=O)[C@H](C)Oc1c(OCC)cc(/C=C2/C(=O)NN(c3ccccc3)C2=O)cc1[N+](=O)[O-]. The van der Waals surface area contributed by atoms with Gasteiger partial charge >= 0.3 is 11.7 Å². The van der Waals surface area contributed by atoms with Gasteiger partial charge in [-0.2, -0.15) is 0 Å². The molecule has 0 radical (unpaired) electrons. The molecule has 2 aromatic carbocycles. The third-order valence-electron chi connectivity index (χ3n) is 4.68. The van der Waals surface area contributed by atoms with Crippen LogP contribution in [0, 0.1) is 10.1 Å². The van der Waals surface area contributed by atoms with Gasteiger partial charge in [-0.3, -0.25) is 25.1 Å². The van der Waals surface area contributed by atoms with Crippen LogP contribution in [0.1, 0.15) is 26.3 Å². The normalized spacial score (nSPS) is 15.1. The third-order valence-corrected chi connectivity index (χ3v) is 4.68. The summed E-state index contributed by atoms with van der Waals surface area (Å²) in [5.74, 6) is -2.26. The molecule has 1 aliphatic rings. The highest BCUT2D eigenvalue weighted by atomic mass is 16.6. The summed E-state index contributed by atoms with van der Waals surface area (Å²) in [6.07, 6.45) is 0.0954. The predicted molar refractivity (Wildman–Crippen MR) is 121 cm³/mol. The van der Waals surface area contributed by atoms with Crippen LogP contribution in [-0.4, -0.2) is 42.0 Å². The Labute approximate surface area is 195 Å². The fraction of sp³-hybridized carbons (Fsp3) is 0.261. The van der Waals surface area contributed by atoms with Crippen LogP contribution in [0.25, 0.3) is 6.08 Å². The summed E-state index contributed by atoms with van der Waals surface area (Å²) < 4.78 is 15.9. The molecule has 0 unspecified atom stereocenters. The van der Waals surface area contributed by atoms with Gasteiger partial charge < -0.3 is 14.2 Å². The van der Waals surface area contributed by atoms with Crippen LogP contribution in [0.5, 0.6) is 11.5 Å². The van der Waals surface area contributed by atoms with Gasteiger partial charge in [0.1, 0.15) is 5.57 Å². The smallest absolute Gasteiger partial charge is 0.347 e. The average molecular weight is 469 g/mol. The van der Waals surface area contributed by atoms with Crippen molar-refractivity contribution in [2.24, 2.45) is 0 Å². The van der Waals surface area contributed by atoms with Gasteiger partial charge in [0.25, 0.3) is 11.8 Å². The lowest BCUT2D eigenvalue weighted by Gasteiger charge is -2.17. The number of hydrazine groups is 1. The monoisotopic (exact) mass is 469 g/mol. The largest absolute Gasteiger partial charge is 0.490 e. The molecule has 178 valence electrons. The zero-order chi connectivity index (χ0) is 24.8. The summed E-state index contributed by atoms with van der Waals surface area (Å²) >= 11 is 0. The minimum Gasteiger partial charge on any atom is -0.490 e. The number of hydrogen-bond acceptors (Lipinski definition) is 8. The van der Waals surface area contributed by atoms with E-state index in [2.05, 4.69) is 5.43 Å². The van der Waals surface area contributed by atoms with E-state index in [9.17, 15) is 24.5 Å². The summed E-state index contributed by atoms with van der Waals surface area (Å²) in [5, 5.41) is 12.9. The second-order valence-electron chi connectivity index (χ2n) is 7.04. The van der Waals surface area contributed by atoms with Gasteiger partial charge in [0.2, 0.25) is 5.75 Å². The summed E-state index contributed by atoms with van der Waals surface area (Å²) in [6.45, 7) is 4.95. The minimum absolute atomic E-state index is 0.0227. The summed E-state index contributed by atoms with van der Waals surface area (Å²) in [4.78, 5) is 48.3. The van der Waals surface area contributed by atoms with Crippen molar-refractivity contribution in [1.29, 1.82) is 0 Å². The van der Waals surface area contributed by atoms with Crippen molar-refractivity contribution < 1.29 is 33.5 Å². The maximum atomic E-state index is 12.8. The molecule has 1 saturated heterocycles. The number of carbonyl (C=O) groups is 3. The van der Waals surface area contributed by atoms with Crippen molar-refractivity contribution in [2.45, 2.75) is 26.9 Å². The molecule has 1 fully saturated rings. The first-order valence-corrected chi connectivity index (χ1v) is 10.5. The number of ether oxygens (including phenoxy) is 3. The van der Waals surface area contributed by atoms with E-state index in [4.69, 9.17) is 14.2 Å². The molecule has 0 bridgehead atoms. The fourth-order valence-electron chi connectivity index (χ4n) is 3.18. The topological polar surface area (TPSA) is 137 Å². The zero-order valence-corrected chi connectivity index (χ0v) is 18.8. The molecule has 3 rings (SSSR count). The Bertz CT molecular complexity index is 1150. The van der Waals surface area contributed by atoms with Gasteiger partial charge in [0, 0.05) is 6.07 Å². The number of rotatable bonds is 9. The van der Waals surface area contributed by atoms with E-state index in [1.54, 1.807) is 44.2 Å². The number of para-hydroxylation sites is 1. The Morgan fingerprint density at radius 2 is 1.88 bits per heavy atom. The molecule has 1 atom stereocenters. The van der Waals surface area contributed by atoms with Gasteiger partial charge in [-0.15, -0.1) is 0 Å². The zero-order valence-electron chi connectivity index (χ0n) is 18.8. The molecule has 11 nitrogen and oxygen atoms in total. The van der Waals surface area contributed by atoms with E-state index >= 15 is 0 Å². The van der Waals surface area contributed by atoms with E-state index in [1.165, 1.54) is 19.1 Å². The number of amides is 2. The number of hydrogen-bond donors (Lipinski definition) is 1. The molecule has 0 saturated carbocycles. The molecule has 1 N–H and O–H groups in total. The van der Waals surface area contributed by atoms with Crippen molar-refractivity contribution in [2.75, 3.05) is 18.2 Å². The summed E-state index contributed by atoms with van der Waals surface area (Å²) in [5.41, 5.74) is 2.38. The average Bonchev–Trinajstić information content (AvgIpc) is 3.09. The van der Waals surface area contributed by atoms with Crippen LogP contribution in [0.3, 0.4) is 0 Å². The van der Waals surface area contributed by atoms with Crippen LogP contribution in [0.2, 0.25) is 0 Å². The van der Waals surface area contributed by atoms with Gasteiger partial charge in [0.15, 0.2) is 11.9 Å². The fourth-order valence-corrected chi connectivity index (χ4v) is 3.18. The maximum absolute atomic E-state index is 12.8. The van der Waals surface area contributed by atoms with Crippen LogP contribution in [0.15, 0.2) is 48.0 Å². The Balaban J connectivity index is 2.01. The Hall–Kier alpha value is -4.41. The first-order valence-electron chi connectivity index (χ1n) is 10.5.